The molecule has 1 rings (SSSR count). The molecule has 1 N–H and O–H groups in total. The number of benzene rings is 1. The smallest absolute Gasteiger partial charge is 0.126 e. The highest BCUT2D eigenvalue weighted by molar-refractivity contribution is 6.30. The van der Waals surface area contributed by atoms with Crippen LogP contribution in [0.25, 0.3) is 0 Å². The summed E-state index contributed by atoms with van der Waals surface area (Å²) in [4.78, 5) is 0. The lowest BCUT2D eigenvalue weighted by Gasteiger charge is -2.19. The zero-order valence-corrected chi connectivity index (χ0v) is 13.6. The van der Waals surface area contributed by atoms with E-state index in [0.29, 0.717) is 36.8 Å². The Morgan fingerprint density at radius 3 is 2.81 bits per heavy atom. The van der Waals surface area contributed by atoms with Crippen LogP contribution >= 0.6 is 11.6 Å². The second-order valence-electron chi connectivity index (χ2n) is 4.98. The van der Waals surface area contributed by atoms with Crippen molar-refractivity contribution >= 4 is 11.6 Å². The summed E-state index contributed by atoms with van der Waals surface area (Å²) in [7, 11) is 1.65. The fraction of sp³-hybridized carbons (Fsp3) is 0.625. The van der Waals surface area contributed by atoms with Gasteiger partial charge >= 0.3 is 0 Å². The molecule has 1 atom stereocenters. The minimum Gasteiger partial charge on any atom is -0.382 e. The molecule has 0 radical (unpaired) electrons. The van der Waals surface area contributed by atoms with Crippen LogP contribution in [-0.2, 0) is 15.9 Å². The highest BCUT2D eigenvalue weighted by atomic mass is 35.5. The zero-order valence-electron chi connectivity index (χ0n) is 12.8. The van der Waals surface area contributed by atoms with Gasteiger partial charge in [-0.1, -0.05) is 18.5 Å². The van der Waals surface area contributed by atoms with E-state index in [0.717, 1.165) is 19.4 Å². The van der Waals surface area contributed by atoms with E-state index >= 15 is 0 Å². The van der Waals surface area contributed by atoms with Crippen LogP contribution in [0.5, 0.6) is 0 Å². The largest absolute Gasteiger partial charge is 0.382 e. The number of methoxy groups -OCH3 is 1. The van der Waals surface area contributed by atoms with Crippen molar-refractivity contribution in [3.63, 3.8) is 0 Å². The average molecular weight is 318 g/mol. The molecule has 0 amide bonds. The van der Waals surface area contributed by atoms with Gasteiger partial charge in [0.2, 0.25) is 0 Å². The molecule has 0 heterocycles. The third-order valence-electron chi connectivity index (χ3n) is 3.20. The maximum Gasteiger partial charge on any atom is 0.126 e. The molecule has 0 saturated heterocycles. The fourth-order valence-corrected chi connectivity index (χ4v) is 2.25. The SMILES string of the molecule is CCCNC(CCOCCOC)Cc1cc(Cl)ccc1F. The van der Waals surface area contributed by atoms with Gasteiger partial charge in [0, 0.05) is 24.8 Å². The van der Waals surface area contributed by atoms with E-state index < -0.39 is 0 Å². The van der Waals surface area contributed by atoms with Crippen molar-refractivity contribution in [1.82, 2.24) is 5.32 Å². The molecule has 0 aliphatic carbocycles. The molecule has 120 valence electrons. The van der Waals surface area contributed by atoms with E-state index in [4.69, 9.17) is 21.1 Å². The van der Waals surface area contributed by atoms with Gasteiger partial charge in [0.15, 0.2) is 0 Å². The molecule has 3 nitrogen and oxygen atoms in total. The first-order chi connectivity index (χ1) is 10.2. The highest BCUT2D eigenvalue weighted by Crippen LogP contribution is 2.17. The first kappa shape index (κ1) is 18.4. The molecule has 0 aromatic heterocycles. The molecular weight excluding hydrogens is 293 g/mol. The first-order valence-electron chi connectivity index (χ1n) is 7.41. The van der Waals surface area contributed by atoms with Crippen molar-refractivity contribution in [1.29, 1.82) is 0 Å². The lowest BCUT2D eigenvalue weighted by Crippen LogP contribution is -2.33. The molecule has 0 spiro atoms. The van der Waals surface area contributed by atoms with Gasteiger partial charge in [0.1, 0.15) is 5.82 Å². The Balaban J connectivity index is 2.50. The maximum absolute atomic E-state index is 13.8. The Morgan fingerprint density at radius 1 is 1.29 bits per heavy atom. The van der Waals surface area contributed by atoms with Gasteiger partial charge in [-0.2, -0.15) is 0 Å². The van der Waals surface area contributed by atoms with E-state index in [-0.39, 0.29) is 11.9 Å². The summed E-state index contributed by atoms with van der Waals surface area (Å²) in [6.07, 6.45) is 2.48. The number of hydrogen-bond donors (Lipinski definition) is 1. The van der Waals surface area contributed by atoms with Gasteiger partial charge < -0.3 is 14.8 Å². The second kappa shape index (κ2) is 11.0. The van der Waals surface area contributed by atoms with Crippen LogP contribution in [0.1, 0.15) is 25.3 Å². The Bertz CT molecular complexity index is 404. The summed E-state index contributed by atoms with van der Waals surface area (Å²) in [5.74, 6) is -0.206. The van der Waals surface area contributed by atoms with Crippen molar-refractivity contribution in [2.45, 2.75) is 32.2 Å². The van der Waals surface area contributed by atoms with Crippen molar-refractivity contribution in [3.05, 3.63) is 34.6 Å². The number of nitrogens with one attached hydrogen (secondary N) is 1. The quantitative estimate of drug-likeness (QED) is 0.634. The van der Waals surface area contributed by atoms with Gasteiger partial charge in [-0.15, -0.1) is 0 Å². The third kappa shape index (κ3) is 7.77. The fourth-order valence-electron chi connectivity index (χ4n) is 2.06. The molecule has 1 aromatic rings. The summed E-state index contributed by atoms with van der Waals surface area (Å²) < 4.78 is 24.2. The highest BCUT2D eigenvalue weighted by Gasteiger charge is 2.12. The average Bonchev–Trinajstić information content (AvgIpc) is 2.47. The summed E-state index contributed by atoms with van der Waals surface area (Å²) in [6, 6.07) is 4.87. The summed E-state index contributed by atoms with van der Waals surface area (Å²) in [6.45, 7) is 4.83. The Morgan fingerprint density at radius 2 is 2.10 bits per heavy atom. The maximum atomic E-state index is 13.8. The van der Waals surface area contributed by atoms with E-state index in [2.05, 4.69) is 12.2 Å². The molecular formula is C16H25ClFNO2. The van der Waals surface area contributed by atoms with Gasteiger partial charge in [-0.3, -0.25) is 0 Å². The molecule has 0 fully saturated rings. The van der Waals surface area contributed by atoms with E-state index in [9.17, 15) is 4.39 Å². The van der Waals surface area contributed by atoms with E-state index in [1.807, 2.05) is 0 Å². The van der Waals surface area contributed by atoms with Gasteiger partial charge in [-0.25, -0.2) is 4.39 Å². The Labute approximate surface area is 131 Å². The minimum atomic E-state index is -0.206. The first-order valence-corrected chi connectivity index (χ1v) is 7.79. The minimum absolute atomic E-state index is 0.181. The lowest BCUT2D eigenvalue weighted by molar-refractivity contribution is 0.0658. The van der Waals surface area contributed by atoms with Crippen LogP contribution in [0.3, 0.4) is 0 Å². The monoisotopic (exact) mass is 317 g/mol. The van der Waals surface area contributed by atoms with Crippen molar-refractivity contribution < 1.29 is 13.9 Å². The Hall–Kier alpha value is -0.680. The number of rotatable bonds is 11. The molecule has 21 heavy (non-hydrogen) atoms. The number of ether oxygens (including phenoxy) is 2. The van der Waals surface area contributed by atoms with Gasteiger partial charge in [-0.05, 0) is 49.6 Å². The second-order valence-corrected chi connectivity index (χ2v) is 5.42. The predicted molar refractivity (Wildman–Crippen MR) is 84.5 cm³/mol. The van der Waals surface area contributed by atoms with Crippen LogP contribution in [0.2, 0.25) is 5.02 Å². The third-order valence-corrected chi connectivity index (χ3v) is 3.43. The summed E-state index contributed by atoms with van der Waals surface area (Å²) in [5.41, 5.74) is 0.646. The molecule has 1 aromatic carbocycles. The van der Waals surface area contributed by atoms with Crippen LogP contribution in [-0.4, -0.2) is 39.5 Å². The standard InChI is InChI=1S/C16H25ClFNO2/c1-3-7-19-15(6-8-21-10-9-20-2)12-13-11-14(17)4-5-16(13)18/h4-5,11,15,19H,3,6-10,12H2,1-2H3. The normalized spacial score (nSPS) is 12.6. The topological polar surface area (TPSA) is 30.5 Å². The van der Waals surface area contributed by atoms with Gasteiger partial charge in [0.05, 0.1) is 13.2 Å². The molecule has 5 heteroatoms. The lowest BCUT2D eigenvalue weighted by atomic mass is 10.0. The zero-order chi connectivity index (χ0) is 15.5. The predicted octanol–water partition coefficient (Wildman–Crippen LogP) is 3.44. The van der Waals surface area contributed by atoms with Crippen molar-refractivity contribution in [2.75, 3.05) is 33.5 Å². The summed E-state index contributed by atoms with van der Waals surface area (Å²) in [5, 5.41) is 4.00. The number of hydrogen-bond acceptors (Lipinski definition) is 3. The molecule has 0 saturated carbocycles. The van der Waals surface area contributed by atoms with Crippen molar-refractivity contribution in [3.8, 4) is 0 Å². The Kier molecular flexibility index (Phi) is 9.59. The van der Waals surface area contributed by atoms with E-state index in [1.54, 1.807) is 19.2 Å². The van der Waals surface area contributed by atoms with E-state index in [1.165, 1.54) is 6.07 Å². The molecule has 0 bridgehead atoms. The van der Waals surface area contributed by atoms with Crippen LogP contribution in [0.15, 0.2) is 18.2 Å². The van der Waals surface area contributed by atoms with Crippen LogP contribution in [0, 0.1) is 5.82 Å². The van der Waals surface area contributed by atoms with Crippen molar-refractivity contribution in [2.24, 2.45) is 0 Å². The van der Waals surface area contributed by atoms with Crippen LogP contribution < -0.4 is 5.32 Å². The number of halogens is 2. The van der Waals surface area contributed by atoms with Gasteiger partial charge in [0.25, 0.3) is 0 Å². The molecule has 1 unspecified atom stereocenters. The molecule has 0 aliphatic heterocycles. The summed E-state index contributed by atoms with van der Waals surface area (Å²) >= 11 is 5.94. The van der Waals surface area contributed by atoms with Crippen LogP contribution in [0.4, 0.5) is 4.39 Å². The molecule has 0 aliphatic rings.